The summed E-state index contributed by atoms with van der Waals surface area (Å²) < 4.78 is 0. The fraction of sp³-hybridized carbons (Fsp3) is 0.0526. The molecule has 10 rings (SSSR count). The summed E-state index contributed by atoms with van der Waals surface area (Å²) >= 11 is 0. The van der Waals surface area contributed by atoms with E-state index in [0.717, 1.165) is 17.1 Å². The topological polar surface area (TPSA) is 3.24 Å². The predicted molar refractivity (Wildman–Crippen MR) is 246 cm³/mol. The molecule has 0 spiro atoms. The minimum atomic E-state index is -0.222. The molecule has 0 heterocycles. The van der Waals surface area contributed by atoms with Crippen LogP contribution in [0.25, 0.3) is 66.8 Å². The van der Waals surface area contributed by atoms with Crippen LogP contribution in [0.2, 0.25) is 0 Å². The van der Waals surface area contributed by atoms with E-state index in [1.54, 1.807) is 0 Å². The molecule has 0 radical (unpaired) electrons. The van der Waals surface area contributed by atoms with Gasteiger partial charge in [-0.3, -0.25) is 0 Å². The molecule has 0 saturated carbocycles. The van der Waals surface area contributed by atoms with Crippen molar-refractivity contribution in [1.29, 1.82) is 0 Å². The lowest BCUT2D eigenvalue weighted by molar-refractivity contribution is 0.660. The van der Waals surface area contributed by atoms with Gasteiger partial charge in [0.1, 0.15) is 0 Å². The molecule has 58 heavy (non-hydrogen) atoms. The smallest absolute Gasteiger partial charge is 0.0543 e. The maximum absolute atomic E-state index is 2.49. The third-order valence-electron chi connectivity index (χ3n) is 11.9. The second kappa shape index (κ2) is 14.7. The molecule has 1 aliphatic carbocycles. The van der Waals surface area contributed by atoms with E-state index < -0.39 is 0 Å². The van der Waals surface area contributed by atoms with Crippen LogP contribution in [0, 0.1) is 0 Å². The first-order valence-corrected chi connectivity index (χ1v) is 20.2. The molecule has 276 valence electrons. The van der Waals surface area contributed by atoms with Gasteiger partial charge in [0.25, 0.3) is 0 Å². The summed E-state index contributed by atoms with van der Waals surface area (Å²) in [5.41, 5.74) is 20.5. The van der Waals surface area contributed by atoms with E-state index in [1.807, 2.05) is 0 Å². The summed E-state index contributed by atoms with van der Waals surface area (Å²) in [5, 5.41) is 0. The number of nitrogens with zero attached hydrogens (tertiary/aromatic N) is 1. The summed E-state index contributed by atoms with van der Waals surface area (Å²) in [6.07, 6.45) is 0. The molecule has 0 saturated heterocycles. The van der Waals surface area contributed by atoms with Gasteiger partial charge in [0.15, 0.2) is 0 Å². The highest BCUT2D eigenvalue weighted by atomic mass is 15.1. The molecule has 0 N–H and O–H groups in total. The lowest BCUT2D eigenvalue weighted by Gasteiger charge is -2.31. The zero-order valence-corrected chi connectivity index (χ0v) is 32.8. The highest BCUT2D eigenvalue weighted by molar-refractivity contribution is 5.99. The van der Waals surface area contributed by atoms with Gasteiger partial charge in [-0.05, 0) is 109 Å². The second-order valence-corrected chi connectivity index (χ2v) is 15.7. The molecular weight excluding hydrogens is 699 g/mol. The van der Waals surface area contributed by atoms with Crippen LogP contribution in [0.1, 0.15) is 25.0 Å². The summed E-state index contributed by atoms with van der Waals surface area (Å²) in [4.78, 5) is 2.46. The first kappa shape index (κ1) is 35.2. The molecule has 9 aromatic carbocycles. The Hall–Kier alpha value is -7.22. The fourth-order valence-electron chi connectivity index (χ4n) is 8.86. The lowest BCUT2D eigenvalue weighted by atomic mass is 9.81. The molecule has 1 aliphatic rings. The second-order valence-electron chi connectivity index (χ2n) is 15.7. The van der Waals surface area contributed by atoms with E-state index >= 15 is 0 Å². The largest absolute Gasteiger partial charge is 0.310 e. The monoisotopic (exact) mass is 741 g/mol. The minimum absolute atomic E-state index is 0.222. The quantitative estimate of drug-likeness (QED) is 0.150. The molecule has 0 bridgehead atoms. The predicted octanol–water partition coefficient (Wildman–Crippen LogP) is 15.8. The average molecular weight is 742 g/mol. The van der Waals surface area contributed by atoms with Gasteiger partial charge >= 0.3 is 0 Å². The van der Waals surface area contributed by atoms with E-state index in [9.17, 15) is 0 Å². The maximum atomic E-state index is 2.49. The summed E-state index contributed by atoms with van der Waals surface area (Å²) in [5.74, 6) is 0. The molecule has 1 nitrogen and oxygen atoms in total. The third-order valence-corrected chi connectivity index (χ3v) is 11.9. The molecule has 1 heteroatoms. The Morgan fingerprint density at radius 2 is 0.672 bits per heavy atom. The Bertz CT molecular complexity index is 2760. The van der Waals surface area contributed by atoms with Gasteiger partial charge < -0.3 is 4.90 Å². The van der Waals surface area contributed by atoms with Crippen LogP contribution in [0.4, 0.5) is 17.1 Å². The Kier molecular flexibility index (Phi) is 8.92. The summed E-state index contributed by atoms with van der Waals surface area (Å²) in [6, 6.07) is 81.8. The van der Waals surface area contributed by atoms with Crippen molar-refractivity contribution in [2.45, 2.75) is 19.3 Å². The van der Waals surface area contributed by atoms with Gasteiger partial charge in [-0.15, -0.1) is 0 Å². The van der Waals surface area contributed by atoms with E-state index in [2.05, 4.69) is 243 Å². The van der Waals surface area contributed by atoms with E-state index in [4.69, 9.17) is 0 Å². The zero-order valence-electron chi connectivity index (χ0n) is 32.8. The normalized spacial score (nSPS) is 12.4. The van der Waals surface area contributed by atoms with Crippen molar-refractivity contribution in [3.8, 4) is 66.8 Å². The molecule has 0 unspecified atom stereocenters. The van der Waals surface area contributed by atoms with Crippen molar-refractivity contribution >= 4 is 17.1 Å². The SMILES string of the molecule is CC1(C)c2cc(N(c3ccc(-c4ccccc4)cc3)c3ccc(-c4ccccc4)cc3)c(-c3ccc(-c4ccccc4)cc3)cc2-c2c(-c3ccccc3)cccc21. The van der Waals surface area contributed by atoms with Crippen LogP contribution in [0.3, 0.4) is 0 Å². The van der Waals surface area contributed by atoms with Gasteiger partial charge in [0.2, 0.25) is 0 Å². The van der Waals surface area contributed by atoms with Crippen molar-refractivity contribution in [2.75, 3.05) is 4.90 Å². The first-order chi connectivity index (χ1) is 28.5. The summed E-state index contributed by atoms with van der Waals surface area (Å²) in [6.45, 7) is 4.77. The fourth-order valence-corrected chi connectivity index (χ4v) is 8.86. The Balaban J connectivity index is 1.21. The molecule has 0 aliphatic heterocycles. The Labute approximate surface area is 342 Å². The highest BCUT2D eigenvalue weighted by Crippen LogP contribution is 2.56. The zero-order chi connectivity index (χ0) is 39.1. The average Bonchev–Trinajstić information content (AvgIpc) is 3.53. The van der Waals surface area contributed by atoms with Crippen molar-refractivity contribution in [3.05, 3.63) is 236 Å². The van der Waals surface area contributed by atoms with Crippen molar-refractivity contribution in [1.82, 2.24) is 0 Å². The Morgan fingerprint density at radius 1 is 0.293 bits per heavy atom. The van der Waals surface area contributed by atoms with Crippen LogP contribution >= 0.6 is 0 Å². The minimum Gasteiger partial charge on any atom is -0.310 e. The van der Waals surface area contributed by atoms with Crippen LogP contribution in [-0.4, -0.2) is 0 Å². The Morgan fingerprint density at radius 3 is 1.14 bits per heavy atom. The molecule has 9 aromatic rings. The van der Waals surface area contributed by atoms with E-state index in [-0.39, 0.29) is 5.41 Å². The molecule has 0 fully saturated rings. The summed E-state index contributed by atoms with van der Waals surface area (Å²) in [7, 11) is 0. The van der Waals surface area contributed by atoms with Crippen molar-refractivity contribution in [2.24, 2.45) is 0 Å². The van der Waals surface area contributed by atoms with Crippen molar-refractivity contribution < 1.29 is 0 Å². The lowest BCUT2D eigenvalue weighted by Crippen LogP contribution is -2.17. The van der Waals surface area contributed by atoms with Gasteiger partial charge in [-0.25, -0.2) is 0 Å². The number of hydrogen-bond donors (Lipinski definition) is 0. The van der Waals surface area contributed by atoms with E-state index in [0.29, 0.717) is 0 Å². The first-order valence-electron chi connectivity index (χ1n) is 20.2. The van der Waals surface area contributed by atoms with Crippen LogP contribution in [0.5, 0.6) is 0 Å². The van der Waals surface area contributed by atoms with Gasteiger partial charge in [-0.1, -0.05) is 202 Å². The number of benzene rings is 9. The van der Waals surface area contributed by atoms with Crippen LogP contribution in [-0.2, 0) is 5.41 Å². The number of fused-ring (bicyclic) bond motifs is 3. The van der Waals surface area contributed by atoms with Crippen LogP contribution < -0.4 is 4.90 Å². The van der Waals surface area contributed by atoms with Gasteiger partial charge in [-0.2, -0.15) is 0 Å². The maximum Gasteiger partial charge on any atom is 0.0543 e. The number of hydrogen-bond acceptors (Lipinski definition) is 1. The number of anilines is 3. The third kappa shape index (κ3) is 6.32. The van der Waals surface area contributed by atoms with E-state index in [1.165, 1.54) is 77.9 Å². The molecule has 0 aromatic heterocycles. The highest BCUT2D eigenvalue weighted by Gasteiger charge is 2.38. The van der Waals surface area contributed by atoms with Gasteiger partial charge in [0, 0.05) is 22.4 Å². The van der Waals surface area contributed by atoms with Gasteiger partial charge in [0.05, 0.1) is 5.69 Å². The molecule has 0 amide bonds. The van der Waals surface area contributed by atoms with Crippen LogP contribution in [0.15, 0.2) is 224 Å². The standard InChI is InChI=1S/C57H43N/c1-57(2)53-25-15-24-50(46-22-13-6-14-23-46)56(53)52-38-51(47-28-26-43(27-29-47)40-16-7-3-8-17-40)55(39-54(52)57)58(48-34-30-44(31-35-48)41-18-9-4-10-19-41)49-36-32-45(33-37-49)42-20-11-5-12-21-42/h3-39H,1-2H3. The number of rotatable bonds is 8. The molecular formula is C57H43N. The van der Waals surface area contributed by atoms with Crippen molar-refractivity contribution in [3.63, 3.8) is 0 Å². The molecule has 0 atom stereocenters.